The normalized spacial score (nSPS) is 13.9. The largest absolute Gasteiger partial charge is 0.496 e. The highest BCUT2D eigenvalue weighted by Crippen LogP contribution is 2.45. The molecule has 0 radical (unpaired) electrons. The Hall–Kier alpha value is -1.22. The fourth-order valence-corrected chi connectivity index (χ4v) is 2.97. The quantitative estimate of drug-likeness (QED) is 0.869. The third-order valence-electron chi connectivity index (χ3n) is 4.20. The lowest BCUT2D eigenvalue weighted by Crippen LogP contribution is -2.22. The van der Waals surface area contributed by atoms with Gasteiger partial charge in [0.25, 0.3) is 0 Å². The molecule has 0 heterocycles. The molecule has 1 N–H and O–H groups in total. The average Bonchev–Trinajstić information content (AvgIpc) is 2.41. The summed E-state index contributed by atoms with van der Waals surface area (Å²) in [5, 5.41) is 9.49. The lowest BCUT2D eigenvalue weighted by molar-refractivity contribution is 0.220. The molecule has 0 saturated heterocycles. The number of hydrogen-bond acceptors (Lipinski definition) is 3. The SMILES string of the molecule is COc1cc(OC)c(C(C)(C)C)cc1C(CCO)C(C)(C)C. The molecule has 0 spiro atoms. The summed E-state index contributed by atoms with van der Waals surface area (Å²) in [7, 11) is 3.38. The predicted molar refractivity (Wildman–Crippen MR) is 92.1 cm³/mol. The van der Waals surface area contributed by atoms with Crippen LogP contribution in [0.4, 0.5) is 0 Å². The average molecular weight is 308 g/mol. The van der Waals surface area contributed by atoms with Crippen molar-refractivity contribution >= 4 is 0 Å². The van der Waals surface area contributed by atoms with Gasteiger partial charge in [0.15, 0.2) is 0 Å². The van der Waals surface area contributed by atoms with Crippen LogP contribution in [0.2, 0.25) is 0 Å². The number of hydrogen-bond donors (Lipinski definition) is 1. The van der Waals surface area contributed by atoms with Crippen LogP contribution in [-0.4, -0.2) is 25.9 Å². The minimum Gasteiger partial charge on any atom is -0.496 e. The minimum absolute atomic E-state index is 0.0198. The van der Waals surface area contributed by atoms with E-state index in [1.54, 1.807) is 14.2 Å². The fraction of sp³-hybridized carbons (Fsp3) is 0.684. The van der Waals surface area contributed by atoms with Crippen molar-refractivity contribution in [1.29, 1.82) is 0 Å². The summed E-state index contributed by atoms with van der Waals surface area (Å²) in [5.74, 6) is 1.91. The van der Waals surface area contributed by atoms with Crippen molar-refractivity contribution in [1.82, 2.24) is 0 Å². The van der Waals surface area contributed by atoms with Gasteiger partial charge in [0.1, 0.15) is 11.5 Å². The maximum Gasteiger partial charge on any atom is 0.126 e. The second-order valence-electron chi connectivity index (χ2n) is 7.98. The third kappa shape index (κ3) is 4.16. The molecule has 1 aromatic carbocycles. The summed E-state index contributed by atoms with van der Waals surface area (Å²) in [6.45, 7) is 13.3. The standard InChI is InChI=1S/C19H32O3/c1-18(2,3)14(9-10-20)13-11-15(19(4,5)6)17(22-8)12-16(13)21-7/h11-12,14,20H,9-10H2,1-8H3. The molecule has 3 nitrogen and oxygen atoms in total. The van der Waals surface area contributed by atoms with E-state index in [0.717, 1.165) is 29.0 Å². The highest BCUT2D eigenvalue weighted by Gasteiger charge is 2.31. The Balaban J connectivity index is 3.57. The lowest BCUT2D eigenvalue weighted by atomic mass is 9.73. The first-order valence-corrected chi connectivity index (χ1v) is 7.93. The number of methoxy groups -OCH3 is 2. The van der Waals surface area contributed by atoms with Crippen LogP contribution in [0.15, 0.2) is 12.1 Å². The number of ether oxygens (including phenoxy) is 2. The van der Waals surface area contributed by atoms with Crippen LogP contribution in [0.1, 0.15) is 65.0 Å². The van der Waals surface area contributed by atoms with Crippen molar-refractivity contribution in [3.63, 3.8) is 0 Å². The number of benzene rings is 1. The van der Waals surface area contributed by atoms with Crippen LogP contribution in [0.5, 0.6) is 11.5 Å². The van der Waals surface area contributed by atoms with Crippen LogP contribution in [0.3, 0.4) is 0 Å². The lowest BCUT2D eigenvalue weighted by Gasteiger charge is -2.33. The van der Waals surface area contributed by atoms with Gasteiger partial charge in [0.2, 0.25) is 0 Å². The van der Waals surface area contributed by atoms with Crippen molar-refractivity contribution in [2.24, 2.45) is 5.41 Å². The van der Waals surface area contributed by atoms with Gasteiger partial charge < -0.3 is 14.6 Å². The van der Waals surface area contributed by atoms with E-state index in [4.69, 9.17) is 9.47 Å². The summed E-state index contributed by atoms with van der Waals surface area (Å²) in [4.78, 5) is 0. The van der Waals surface area contributed by atoms with E-state index in [9.17, 15) is 5.11 Å². The van der Waals surface area contributed by atoms with E-state index in [1.165, 1.54) is 0 Å². The van der Waals surface area contributed by atoms with Crippen molar-refractivity contribution in [3.05, 3.63) is 23.3 Å². The zero-order valence-electron chi connectivity index (χ0n) is 15.4. The van der Waals surface area contributed by atoms with E-state index < -0.39 is 0 Å². The molecule has 0 amide bonds. The van der Waals surface area contributed by atoms with Gasteiger partial charge in [0.05, 0.1) is 14.2 Å². The molecule has 1 aromatic rings. The van der Waals surface area contributed by atoms with E-state index in [0.29, 0.717) is 0 Å². The van der Waals surface area contributed by atoms with Crippen LogP contribution < -0.4 is 9.47 Å². The number of aliphatic hydroxyl groups is 1. The van der Waals surface area contributed by atoms with Crippen LogP contribution >= 0.6 is 0 Å². The maximum absolute atomic E-state index is 9.49. The monoisotopic (exact) mass is 308 g/mol. The molecular weight excluding hydrogens is 276 g/mol. The van der Waals surface area contributed by atoms with Crippen LogP contribution in [0, 0.1) is 5.41 Å². The molecule has 3 heteroatoms. The zero-order valence-corrected chi connectivity index (χ0v) is 15.4. The smallest absolute Gasteiger partial charge is 0.126 e. The molecule has 0 fully saturated rings. The Morgan fingerprint density at radius 1 is 0.955 bits per heavy atom. The first kappa shape index (κ1) is 18.8. The summed E-state index contributed by atoms with van der Waals surface area (Å²) in [5.41, 5.74) is 2.33. The third-order valence-corrected chi connectivity index (χ3v) is 4.20. The van der Waals surface area contributed by atoms with Crippen molar-refractivity contribution in [2.45, 2.75) is 59.3 Å². The molecule has 1 atom stereocenters. The maximum atomic E-state index is 9.49. The molecule has 22 heavy (non-hydrogen) atoms. The van der Waals surface area contributed by atoms with Gasteiger partial charge >= 0.3 is 0 Å². The highest BCUT2D eigenvalue weighted by atomic mass is 16.5. The van der Waals surface area contributed by atoms with Gasteiger partial charge in [-0.25, -0.2) is 0 Å². The van der Waals surface area contributed by atoms with Gasteiger partial charge in [-0.3, -0.25) is 0 Å². The number of aliphatic hydroxyl groups excluding tert-OH is 1. The van der Waals surface area contributed by atoms with Crippen molar-refractivity contribution in [3.8, 4) is 11.5 Å². The molecule has 126 valence electrons. The summed E-state index contributed by atoms with van der Waals surface area (Å²) in [6, 6.07) is 4.18. The predicted octanol–water partition coefficient (Wildman–Crippen LogP) is 4.51. The Kier molecular flexibility index (Phi) is 5.91. The molecule has 0 aliphatic heterocycles. The van der Waals surface area contributed by atoms with E-state index in [-0.39, 0.29) is 23.4 Å². The molecule has 0 bridgehead atoms. The van der Waals surface area contributed by atoms with E-state index in [2.05, 4.69) is 47.6 Å². The Morgan fingerprint density at radius 3 is 1.86 bits per heavy atom. The fourth-order valence-electron chi connectivity index (χ4n) is 2.97. The zero-order chi connectivity index (χ0) is 17.1. The molecule has 0 aromatic heterocycles. The summed E-state index contributed by atoms with van der Waals surface area (Å²) >= 11 is 0. The Labute approximate surface area is 135 Å². The Morgan fingerprint density at radius 2 is 1.50 bits per heavy atom. The molecular formula is C19H32O3. The number of rotatable bonds is 5. The highest BCUT2D eigenvalue weighted by molar-refractivity contribution is 5.51. The molecule has 1 unspecified atom stereocenters. The van der Waals surface area contributed by atoms with Crippen LogP contribution in [0.25, 0.3) is 0 Å². The second-order valence-corrected chi connectivity index (χ2v) is 7.98. The molecule has 0 saturated carbocycles. The minimum atomic E-state index is -0.0198. The van der Waals surface area contributed by atoms with Gasteiger partial charge in [-0.1, -0.05) is 41.5 Å². The first-order chi connectivity index (χ1) is 10.1. The van der Waals surface area contributed by atoms with Gasteiger partial charge in [-0.15, -0.1) is 0 Å². The first-order valence-electron chi connectivity index (χ1n) is 7.93. The van der Waals surface area contributed by atoms with Crippen molar-refractivity contribution in [2.75, 3.05) is 20.8 Å². The topological polar surface area (TPSA) is 38.7 Å². The van der Waals surface area contributed by atoms with Crippen LogP contribution in [-0.2, 0) is 5.41 Å². The Bertz CT molecular complexity index is 493. The van der Waals surface area contributed by atoms with Crippen molar-refractivity contribution < 1.29 is 14.6 Å². The van der Waals surface area contributed by atoms with E-state index >= 15 is 0 Å². The molecule has 0 aliphatic rings. The second kappa shape index (κ2) is 6.91. The van der Waals surface area contributed by atoms with E-state index in [1.807, 2.05) is 6.07 Å². The van der Waals surface area contributed by atoms with Gasteiger partial charge in [0, 0.05) is 18.2 Å². The van der Waals surface area contributed by atoms with Gasteiger partial charge in [-0.05, 0) is 34.8 Å². The molecule has 0 aliphatic carbocycles. The van der Waals surface area contributed by atoms with Gasteiger partial charge in [-0.2, -0.15) is 0 Å². The molecule has 1 rings (SSSR count). The summed E-state index contributed by atoms with van der Waals surface area (Å²) < 4.78 is 11.2. The summed E-state index contributed by atoms with van der Waals surface area (Å²) in [6.07, 6.45) is 0.718.